The van der Waals surface area contributed by atoms with Crippen molar-refractivity contribution in [2.24, 2.45) is 0 Å². The number of carbonyl (C=O) groups is 1. The lowest BCUT2D eigenvalue weighted by Crippen LogP contribution is -2.49. The van der Waals surface area contributed by atoms with Crippen LogP contribution in [0.25, 0.3) is 0 Å². The third kappa shape index (κ3) is 2.62. The number of hydrogen-bond donors (Lipinski definition) is 3. The SMILES string of the molecule is CCN1C(=S)NC(c2cc(Cl)c(O)c(Cl)c2O)C2=C1CCCC2=O. The number of hydrogen-bond acceptors (Lipinski definition) is 4. The van der Waals surface area contributed by atoms with Crippen LogP contribution in [0, 0.1) is 0 Å². The van der Waals surface area contributed by atoms with E-state index in [9.17, 15) is 15.0 Å². The van der Waals surface area contributed by atoms with E-state index in [2.05, 4.69) is 5.32 Å². The molecule has 3 rings (SSSR count). The second kappa shape index (κ2) is 6.43. The molecule has 3 N–H and O–H groups in total. The Morgan fingerprint density at radius 2 is 2.04 bits per heavy atom. The molecule has 1 heterocycles. The molecule has 128 valence electrons. The summed E-state index contributed by atoms with van der Waals surface area (Å²) in [5, 5.41) is 23.5. The average Bonchev–Trinajstić information content (AvgIpc) is 2.56. The molecule has 0 saturated carbocycles. The number of allylic oxidation sites excluding steroid dienone is 1. The molecule has 1 aromatic carbocycles. The number of nitrogens with one attached hydrogen (secondary N) is 1. The number of aromatic hydroxyl groups is 2. The molecule has 1 unspecified atom stereocenters. The Morgan fingerprint density at radius 3 is 2.71 bits per heavy atom. The number of halogens is 2. The van der Waals surface area contributed by atoms with Crippen LogP contribution in [0.3, 0.4) is 0 Å². The summed E-state index contributed by atoms with van der Waals surface area (Å²) in [7, 11) is 0. The van der Waals surface area contributed by atoms with Gasteiger partial charge < -0.3 is 20.4 Å². The number of thiocarbonyl (C=S) groups is 1. The van der Waals surface area contributed by atoms with Gasteiger partial charge in [-0.2, -0.15) is 0 Å². The monoisotopic (exact) mass is 386 g/mol. The molecule has 1 aromatic rings. The first-order valence-corrected chi connectivity index (χ1v) is 8.77. The molecule has 24 heavy (non-hydrogen) atoms. The zero-order valence-corrected chi connectivity index (χ0v) is 15.2. The highest BCUT2D eigenvalue weighted by molar-refractivity contribution is 7.80. The number of benzene rings is 1. The molecular weight excluding hydrogens is 371 g/mol. The Bertz CT molecular complexity index is 779. The van der Waals surface area contributed by atoms with E-state index >= 15 is 0 Å². The van der Waals surface area contributed by atoms with Crippen molar-refractivity contribution in [3.05, 3.63) is 32.9 Å². The zero-order valence-electron chi connectivity index (χ0n) is 12.9. The molecule has 0 saturated heterocycles. The fourth-order valence-electron chi connectivity index (χ4n) is 3.26. The number of nitrogens with zero attached hydrogens (tertiary/aromatic N) is 1. The summed E-state index contributed by atoms with van der Waals surface area (Å²) in [6, 6.07) is 0.769. The summed E-state index contributed by atoms with van der Waals surface area (Å²) in [6.45, 7) is 2.61. The zero-order chi connectivity index (χ0) is 17.6. The summed E-state index contributed by atoms with van der Waals surface area (Å²) in [5.41, 5.74) is 1.77. The van der Waals surface area contributed by atoms with Gasteiger partial charge in [0.15, 0.2) is 16.6 Å². The second-order valence-electron chi connectivity index (χ2n) is 5.72. The predicted molar refractivity (Wildman–Crippen MR) is 96.5 cm³/mol. The Morgan fingerprint density at radius 1 is 1.33 bits per heavy atom. The van der Waals surface area contributed by atoms with Crippen LogP contribution in [0.15, 0.2) is 17.3 Å². The van der Waals surface area contributed by atoms with Gasteiger partial charge in [0.25, 0.3) is 0 Å². The van der Waals surface area contributed by atoms with E-state index in [1.165, 1.54) is 6.07 Å². The molecule has 5 nitrogen and oxygen atoms in total. The molecule has 1 aliphatic heterocycles. The van der Waals surface area contributed by atoms with Gasteiger partial charge in [-0.05, 0) is 38.0 Å². The fraction of sp³-hybridized carbons (Fsp3) is 0.375. The van der Waals surface area contributed by atoms with Crippen LogP contribution in [0.5, 0.6) is 11.5 Å². The first kappa shape index (κ1) is 17.3. The van der Waals surface area contributed by atoms with E-state index in [4.69, 9.17) is 35.4 Å². The van der Waals surface area contributed by atoms with Crippen molar-refractivity contribution in [2.75, 3.05) is 6.54 Å². The van der Waals surface area contributed by atoms with Crippen molar-refractivity contribution in [1.29, 1.82) is 0 Å². The van der Waals surface area contributed by atoms with Gasteiger partial charge in [0.2, 0.25) is 0 Å². The maximum Gasteiger partial charge on any atom is 0.173 e. The van der Waals surface area contributed by atoms with Crippen LogP contribution in [0.4, 0.5) is 0 Å². The van der Waals surface area contributed by atoms with Crippen LogP contribution in [0.1, 0.15) is 37.8 Å². The number of Topliss-reactive ketones (excluding diaryl/α,β-unsaturated/α-hetero) is 1. The number of rotatable bonds is 2. The molecule has 2 aliphatic rings. The number of phenols is 2. The standard InChI is InChI=1S/C16H16Cl2N2O3S/c1-2-20-9-4-3-5-10(21)11(9)13(19-16(20)24)7-6-8(17)15(23)12(18)14(7)22/h6,13,22-23H,2-5H2,1H3,(H,19,24). The molecule has 0 radical (unpaired) electrons. The van der Waals surface area contributed by atoms with E-state index in [0.29, 0.717) is 29.2 Å². The lowest BCUT2D eigenvalue weighted by molar-refractivity contribution is -0.116. The van der Waals surface area contributed by atoms with Crippen LogP contribution in [-0.2, 0) is 4.79 Å². The van der Waals surface area contributed by atoms with Crippen molar-refractivity contribution in [1.82, 2.24) is 10.2 Å². The van der Waals surface area contributed by atoms with E-state index in [-0.39, 0.29) is 21.6 Å². The molecule has 8 heteroatoms. The second-order valence-corrected chi connectivity index (χ2v) is 6.89. The minimum Gasteiger partial charge on any atom is -0.506 e. The van der Waals surface area contributed by atoms with Crippen molar-refractivity contribution >= 4 is 46.3 Å². The molecular formula is C16H16Cl2N2O3S. The lowest BCUT2D eigenvalue weighted by Gasteiger charge is -2.40. The average molecular weight is 387 g/mol. The van der Waals surface area contributed by atoms with Gasteiger partial charge in [-0.3, -0.25) is 4.79 Å². The lowest BCUT2D eigenvalue weighted by atomic mass is 9.84. The van der Waals surface area contributed by atoms with Crippen LogP contribution in [-0.4, -0.2) is 32.6 Å². The highest BCUT2D eigenvalue weighted by Crippen LogP contribution is 2.46. The summed E-state index contributed by atoms with van der Waals surface area (Å²) in [5.74, 6) is -0.694. The Balaban J connectivity index is 2.21. The number of ketones is 1. The normalized spacial score (nSPS) is 21.0. The largest absolute Gasteiger partial charge is 0.506 e. The third-order valence-electron chi connectivity index (χ3n) is 4.38. The molecule has 0 amide bonds. The van der Waals surface area contributed by atoms with Gasteiger partial charge in [0, 0.05) is 29.8 Å². The van der Waals surface area contributed by atoms with Crippen molar-refractivity contribution in [3.8, 4) is 11.5 Å². The predicted octanol–water partition coefficient (Wildman–Crippen LogP) is 3.66. The highest BCUT2D eigenvalue weighted by Gasteiger charge is 2.38. The van der Waals surface area contributed by atoms with Gasteiger partial charge in [0.1, 0.15) is 10.8 Å². The van der Waals surface area contributed by atoms with Crippen LogP contribution >= 0.6 is 35.4 Å². The van der Waals surface area contributed by atoms with Gasteiger partial charge in [-0.1, -0.05) is 23.2 Å². The number of phenolic OH excluding ortho intramolecular Hbond substituents is 2. The third-order valence-corrected chi connectivity index (χ3v) is 5.37. The topological polar surface area (TPSA) is 72.8 Å². The Kier molecular flexibility index (Phi) is 4.64. The van der Waals surface area contributed by atoms with Crippen molar-refractivity contribution in [3.63, 3.8) is 0 Å². The Labute approximate surface area is 154 Å². The van der Waals surface area contributed by atoms with Crippen LogP contribution < -0.4 is 5.32 Å². The minimum atomic E-state index is -0.640. The van der Waals surface area contributed by atoms with Gasteiger partial charge in [-0.15, -0.1) is 0 Å². The van der Waals surface area contributed by atoms with E-state index in [1.807, 2.05) is 11.8 Å². The maximum atomic E-state index is 12.6. The maximum absolute atomic E-state index is 12.6. The quantitative estimate of drug-likeness (QED) is 0.673. The minimum absolute atomic E-state index is 0.00356. The molecule has 0 fully saturated rings. The molecule has 0 bridgehead atoms. The van der Waals surface area contributed by atoms with E-state index in [1.54, 1.807) is 0 Å². The van der Waals surface area contributed by atoms with Gasteiger partial charge >= 0.3 is 0 Å². The van der Waals surface area contributed by atoms with E-state index in [0.717, 1.165) is 18.5 Å². The van der Waals surface area contributed by atoms with Crippen molar-refractivity contribution in [2.45, 2.75) is 32.2 Å². The summed E-state index contributed by atoms with van der Waals surface area (Å²) in [4.78, 5) is 14.5. The molecule has 0 spiro atoms. The van der Waals surface area contributed by atoms with E-state index < -0.39 is 11.8 Å². The van der Waals surface area contributed by atoms with Crippen molar-refractivity contribution < 1.29 is 15.0 Å². The molecule has 0 aromatic heterocycles. The smallest absolute Gasteiger partial charge is 0.173 e. The fourth-order valence-corrected chi connectivity index (χ4v) is 4.08. The Hall–Kier alpha value is -1.50. The highest BCUT2D eigenvalue weighted by atomic mass is 35.5. The summed E-state index contributed by atoms with van der Waals surface area (Å²) < 4.78 is 0. The summed E-state index contributed by atoms with van der Waals surface area (Å²) >= 11 is 17.4. The first-order chi connectivity index (χ1) is 11.4. The van der Waals surface area contributed by atoms with Gasteiger partial charge in [-0.25, -0.2) is 0 Å². The molecule has 1 atom stereocenters. The summed E-state index contributed by atoms with van der Waals surface area (Å²) in [6.07, 6.45) is 1.96. The van der Waals surface area contributed by atoms with Gasteiger partial charge in [0.05, 0.1) is 11.1 Å². The first-order valence-electron chi connectivity index (χ1n) is 7.60. The number of carbonyl (C=O) groups excluding carboxylic acids is 1. The van der Waals surface area contributed by atoms with Crippen LogP contribution in [0.2, 0.25) is 10.0 Å². The molecule has 1 aliphatic carbocycles.